The Kier molecular flexibility index (Phi) is 1.32. The minimum Gasteiger partial charge on any atom is -0.393 e. The van der Waals surface area contributed by atoms with Gasteiger partial charge in [0.1, 0.15) is 5.78 Å². The van der Waals surface area contributed by atoms with Crippen molar-refractivity contribution in [1.29, 1.82) is 0 Å². The molecule has 0 amide bonds. The van der Waals surface area contributed by atoms with Crippen LogP contribution in [0.2, 0.25) is 0 Å². The third kappa shape index (κ3) is 0.717. The number of aliphatic hydroxyl groups excluding tert-OH is 1. The molecule has 0 aromatic carbocycles. The van der Waals surface area contributed by atoms with Gasteiger partial charge in [-0.2, -0.15) is 0 Å². The topological polar surface area (TPSA) is 37.3 Å². The van der Waals surface area contributed by atoms with Crippen LogP contribution in [0.3, 0.4) is 0 Å². The monoisotopic (exact) mass is 168 g/mol. The predicted octanol–water partition coefficient (Wildman–Crippen LogP) is 1.37. The smallest absolute Gasteiger partial charge is 0.144 e. The first-order chi connectivity index (χ1) is 5.38. The van der Waals surface area contributed by atoms with Gasteiger partial charge in [-0.25, -0.2) is 0 Å². The van der Waals surface area contributed by atoms with Crippen LogP contribution < -0.4 is 0 Å². The summed E-state index contributed by atoms with van der Waals surface area (Å²) in [6, 6.07) is 0. The maximum absolute atomic E-state index is 11.8. The average Bonchev–Trinajstić information content (AvgIpc) is 2.32. The molecule has 0 aromatic heterocycles. The van der Waals surface area contributed by atoms with Gasteiger partial charge in [0.2, 0.25) is 0 Å². The molecular formula is C10H16O2. The maximum Gasteiger partial charge on any atom is 0.144 e. The molecule has 2 nitrogen and oxygen atoms in total. The molecule has 3 atom stereocenters. The Morgan fingerprint density at radius 3 is 2.25 bits per heavy atom. The lowest BCUT2D eigenvalue weighted by atomic mass is 9.70. The van der Waals surface area contributed by atoms with E-state index >= 15 is 0 Å². The first-order valence-electron chi connectivity index (χ1n) is 4.61. The molecule has 2 aliphatic rings. The molecule has 2 bridgehead atoms. The van der Waals surface area contributed by atoms with Crippen LogP contribution in [-0.2, 0) is 4.79 Å². The van der Waals surface area contributed by atoms with Gasteiger partial charge in [0.15, 0.2) is 0 Å². The number of ketones is 1. The lowest BCUT2D eigenvalue weighted by Gasteiger charge is -2.34. The lowest BCUT2D eigenvalue weighted by molar-refractivity contribution is -0.138. The summed E-state index contributed by atoms with van der Waals surface area (Å²) in [5, 5.41) is 9.69. The van der Waals surface area contributed by atoms with Crippen LogP contribution in [-0.4, -0.2) is 17.0 Å². The van der Waals surface area contributed by atoms with E-state index in [1.54, 1.807) is 0 Å². The fourth-order valence-electron chi connectivity index (χ4n) is 3.18. The summed E-state index contributed by atoms with van der Waals surface area (Å²) in [4.78, 5) is 11.8. The quantitative estimate of drug-likeness (QED) is 0.593. The van der Waals surface area contributed by atoms with Crippen molar-refractivity contribution in [3.63, 3.8) is 0 Å². The zero-order valence-corrected chi connectivity index (χ0v) is 7.92. The van der Waals surface area contributed by atoms with Crippen LogP contribution in [0.25, 0.3) is 0 Å². The fourth-order valence-corrected chi connectivity index (χ4v) is 3.18. The van der Waals surface area contributed by atoms with Crippen LogP contribution in [0.15, 0.2) is 0 Å². The van der Waals surface area contributed by atoms with Crippen LogP contribution in [0.1, 0.15) is 33.6 Å². The molecule has 0 saturated heterocycles. The van der Waals surface area contributed by atoms with Gasteiger partial charge >= 0.3 is 0 Å². The molecule has 2 fully saturated rings. The summed E-state index contributed by atoms with van der Waals surface area (Å²) in [5.41, 5.74) is -0.500. The highest BCUT2D eigenvalue weighted by atomic mass is 16.3. The predicted molar refractivity (Wildman–Crippen MR) is 45.6 cm³/mol. The second-order valence-electron chi connectivity index (χ2n) is 5.19. The second kappa shape index (κ2) is 1.92. The summed E-state index contributed by atoms with van der Waals surface area (Å²) in [5.74, 6) is 0.556. The van der Waals surface area contributed by atoms with E-state index in [2.05, 4.69) is 0 Å². The van der Waals surface area contributed by atoms with Crippen molar-refractivity contribution in [3.8, 4) is 0 Å². The van der Waals surface area contributed by atoms with Gasteiger partial charge in [0.05, 0.1) is 6.10 Å². The molecule has 2 rings (SSSR count). The Labute approximate surface area is 73.0 Å². The van der Waals surface area contributed by atoms with E-state index in [0.717, 1.165) is 6.42 Å². The van der Waals surface area contributed by atoms with Crippen LogP contribution in [0.5, 0.6) is 0 Å². The normalized spacial score (nSPS) is 50.2. The average molecular weight is 168 g/mol. The highest BCUT2D eigenvalue weighted by Gasteiger charge is 2.62. The Morgan fingerprint density at radius 1 is 1.33 bits per heavy atom. The summed E-state index contributed by atoms with van der Waals surface area (Å²) < 4.78 is 0. The summed E-state index contributed by atoms with van der Waals surface area (Å²) in [6.07, 6.45) is 1.32. The molecule has 1 N–H and O–H groups in total. The maximum atomic E-state index is 11.8. The molecule has 0 spiro atoms. The van der Waals surface area contributed by atoms with E-state index in [-0.39, 0.29) is 22.9 Å². The van der Waals surface area contributed by atoms with Gasteiger partial charge in [-0.3, -0.25) is 4.79 Å². The first-order valence-corrected chi connectivity index (χ1v) is 4.61. The van der Waals surface area contributed by atoms with Crippen LogP contribution in [0.4, 0.5) is 0 Å². The molecule has 12 heavy (non-hydrogen) atoms. The largest absolute Gasteiger partial charge is 0.393 e. The Morgan fingerprint density at radius 2 is 1.92 bits per heavy atom. The molecule has 0 radical (unpaired) electrons. The van der Waals surface area contributed by atoms with Crippen molar-refractivity contribution in [2.75, 3.05) is 0 Å². The number of hydrogen-bond donors (Lipinski definition) is 1. The van der Waals surface area contributed by atoms with Crippen molar-refractivity contribution in [2.45, 2.75) is 39.7 Å². The summed E-state index contributed by atoms with van der Waals surface area (Å²) >= 11 is 0. The Bertz CT molecular complexity index is 237. The number of Topliss-reactive ketones (excluding diaryl/α,β-unsaturated/α-hetero) is 1. The molecule has 2 heteroatoms. The Hall–Kier alpha value is -0.370. The van der Waals surface area contributed by atoms with Gasteiger partial charge < -0.3 is 5.11 Å². The minimum atomic E-state index is -0.285. The van der Waals surface area contributed by atoms with E-state index in [1.807, 2.05) is 20.8 Å². The number of carbonyl (C=O) groups excluding carboxylic acids is 1. The molecule has 0 heterocycles. The molecule has 0 unspecified atom stereocenters. The number of carbonyl (C=O) groups is 1. The molecular weight excluding hydrogens is 152 g/mol. The zero-order chi connectivity index (χ0) is 9.15. The molecule has 2 saturated carbocycles. The van der Waals surface area contributed by atoms with E-state index in [1.165, 1.54) is 0 Å². The van der Waals surface area contributed by atoms with Gasteiger partial charge in [0.25, 0.3) is 0 Å². The van der Waals surface area contributed by atoms with Crippen LogP contribution >= 0.6 is 0 Å². The van der Waals surface area contributed by atoms with E-state index in [9.17, 15) is 9.90 Å². The molecule has 2 aliphatic carbocycles. The van der Waals surface area contributed by atoms with Crippen molar-refractivity contribution in [1.82, 2.24) is 0 Å². The van der Waals surface area contributed by atoms with Crippen molar-refractivity contribution in [3.05, 3.63) is 0 Å². The zero-order valence-electron chi connectivity index (χ0n) is 7.92. The molecule has 0 aliphatic heterocycles. The standard InChI is InChI=1S/C10H16O2/c1-9(2)6-4-10(3,8(9)12)5-7(6)11/h6-7,11H,4-5H2,1-3H3/t6-,7-,10+/m0/s1. The van der Waals surface area contributed by atoms with E-state index in [4.69, 9.17) is 0 Å². The van der Waals surface area contributed by atoms with Crippen molar-refractivity contribution >= 4 is 5.78 Å². The molecule has 0 aromatic rings. The SMILES string of the molecule is CC1(C)C(=O)[C@@]2(C)C[C@H](O)[C@@H]1C2. The highest BCUT2D eigenvalue weighted by molar-refractivity contribution is 5.93. The van der Waals surface area contributed by atoms with Gasteiger partial charge in [-0.1, -0.05) is 20.8 Å². The highest BCUT2D eigenvalue weighted by Crippen LogP contribution is 2.59. The van der Waals surface area contributed by atoms with Gasteiger partial charge in [0, 0.05) is 10.8 Å². The fraction of sp³-hybridized carbons (Fsp3) is 0.900. The van der Waals surface area contributed by atoms with Gasteiger partial charge in [-0.15, -0.1) is 0 Å². The number of fused-ring (bicyclic) bond motifs is 2. The lowest BCUT2D eigenvalue weighted by Crippen LogP contribution is -2.41. The Balaban J connectivity index is 2.43. The minimum absolute atomic E-state index is 0.204. The van der Waals surface area contributed by atoms with E-state index in [0.29, 0.717) is 12.2 Å². The number of aliphatic hydroxyl groups is 1. The van der Waals surface area contributed by atoms with Gasteiger partial charge in [-0.05, 0) is 18.8 Å². The van der Waals surface area contributed by atoms with Crippen LogP contribution in [0, 0.1) is 16.7 Å². The third-order valence-corrected chi connectivity index (χ3v) is 3.85. The first kappa shape index (κ1) is 8.24. The summed E-state index contributed by atoms with van der Waals surface area (Å²) in [6.45, 7) is 5.93. The van der Waals surface area contributed by atoms with E-state index < -0.39 is 0 Å². The third-order valence-electron chi connectivity index (χ3n) is 3.85. The number of rotatable bonds is 0. The van der Waals surface area contributed by atoms with Crippen molar-refractivity contribution in [2.24, 2.45) is 16.7 Å². The van der Waals surface area contributed by atoms with Crippen molar-refractivity contribution < 1.29 is 9.90 Å². The summed E-state index contributed by atoms with van der Waals surface area (Å²) in [7, 11) is 0. The molecule has 68 valence electrons. The second-order valence-corrected chi connectivity index (χ2v) is 5.19. The number of hydrogen-bond acceptors (Lipinski definition) is 2.